The summed E-state index contributed by atoms with van der Waals surface area (Å²) in [6.07, 6.45) is 2.67. The zero-order valence-electron chi connectivity index (χ0n) is 12.9. The minimum atomic E-state index is -0.104. The van der Waals surface area contributed by atoms with Crippen molar-refractivity contribution >= 4 is 11.8 Å². The molecule has 21 heavy (non-hydrogen) atoms. The van der Waals surface area contributed by atoms with Gasteiger partial charge < -0.3 is 10.2 Å². The Kier molecular flexibility index (Phi) is 5.37. The third-order valence-corrected chi connectivity index (χ3v) is 4.02. The molecule has 1 heterocycles. The molecule has 1 aromatic carbocycles. The molecular formula is C17H24N2O2. The first-order valence-corrected chi connectivity index (χ1v) is 7.69. The zero-order chi connectivity index (χ0) is 15.2. The molecule has 0 aliphatic carbocycles. The minimum Gasteiger partial charge on any atom is -0.352 e. The molecule has 0 spiro atoms. The molecule has 0 saturated carbocycles. The summed E-state index contributed by atoms with van der Waals surface area (Å²) in [6.45, 7) is 6.20. The van der Waals surface area contributed by atoms with E-state index in [1.165, 1.54) is 6.42 Å². The Morgan fingerprint density at radius 3 is 2.81 bits per heavy atom. The zero-order valence-corrected chi connectivity index (χ0v) is 12.9. The van der Waals surface area contributed by atoms with Gasteiger partial charge in [0.25, 0.3) is 5.91 Å². The van der Waals surface area contributed by atoms with Crippen molar-refractivity contribution in [2.75, 3.05) is 19.6 Å². The fraction of sp³-hybridized carbons (Fsp3) is 0.529. The summed E-state index contributed by atoms with van der Waals surface area (Å²) >= 11 is 0. The van der Waals surface area contributed by atoms with Gasteiger partial charge in [0.05, 0.1) is 0 Å². The molecule has 1 aromatic rings. The van der Waals surface area contributed by atoms with Gasteiger partial charge in [-0.05, 0) is 37.3 Å². The largest absolute Gasteiger partial charge is 0.352 e. The lowest BCUT2D eigenvalue weighted by molar-refractivity contribution is -0.132. The Bertz CT molecular complexity index is 513. The molecule has 0 radical (unpaired) electrons. The molecule has 0 unspecified atom stereocenters. The highest BCUT2D eigenvalue weighted by Gasteiger charge is 2.20. The minimum absolute atomic E-state index is 0.104. The van der Waals surface area contributed by atoms with Crippen LogP contribution in [0.25, 0.3) is 0 Å². The van der Waals surface area contributed by atoms with Gasteiger partial charge in [-0.25, -0.2) is 0 Å². The third kappa shape index (κ3) is 4.31. The van der Waals surface area contributed by atoms with Crippen LogP contribution < -0.4 is 5.32 Å². The highest BCUT2D eigenvalue weighted by Crippen LogP contribution is 2.16. The van der Waals surface area contributed by atoms with E-state index in [1.54, 1.807) is 6.07 Å². The molecule has 114 valence electrons. The normalized spacial score (nSPS) is 18.4. The Morgan fingerprint density at radius 1 is 1.33 bits per heavy atom. The molecule has 0 bridgehead atoms. The van der Waals surface area contributed by atoms with E-state index < -0.39 is 0 Å². The number of aryl methyl sites for hydroxylation is 1. The number of likely N-dealkylation sites (tertiary alicyclic amines) is 1. The van der Waals surface area contributed by atoms with E-state index >= 15 is 0 Å². The summed E-state index contributed by atoms with van der Waals surface area (Å²) in [5.41, 5.74) is 1.63. The van der Waals surface area contributed by atoms with Crippen LogP contribution >= 0.6 is 0 Å². The van der Waals surface area contributed by atoms with Gasteiger partial charge in [-0.1, -0.05) is 25.1 Å². The quantitative estimate of drug-likeness (QED) is 0.924. The molecule has 1 aliphatic rings. The molecule has 1 saturated heterocycles. The molecule has 1 aliphatic heterocycles. The summed E-state index contributed by atoms with van der Waals surface area (Å²) in [4.78, 5) is 26.1. The van der Waals surface area contributed by atoms with Gasteiger partial charge in [0, 0.05) is 31.6 Å². The van der Waals surface area contributed by atoms with Gasteiger partial charge in [-0.15, -0.1) is 0 Å². The van der Waals surface area contributed by atoms with Crippen molar-refractivity contribution in [2.24, 2.45) is 5.92 Å². The van der Waals surface area contributed by atoms with Gasteiger partial charge in [0.2, 0.25) is 5.91 Å². The van der Waals surface area contributed by atoms with Crippen molar-refractivity contribution in [2.45, 2.75) is 33.1 Å². The second kappa shape index (κ2) is 7.25. The first-order chi connectivity index (χ1) is 10.1. The topological polar surface area (TPSA) is 49.4 Å². The lowest BCUT2D eigenvalue weighted by Crippen LogP contribution is -2.40. The number of nitrogens with zero attached hydrogens (tertiary/aromatic N) is 1. The summed E-state index contributed by atoms with van der Waals surface area (Å²) in [6, 6.07) is 7.48. The Balaban J connectivity index is 1.77. The van der Waals surface area contributed by atoms with Crippen LogP contribution in [0.5, 0.6) is 0 Å². The summed E-state index contributed by atoms with van der Waals surface area (Å²) < 4.78 is 0. The van der Waals surface area contributed by atoms with E-state index in [0.717, 1.165) is 25.1 Å². The van der Waals surface area contributed by atoms with Crippen molar-refractivity contribution in [1.82, 2.24) is 10.2 Å². The monoisotopic (exact) mass is 288 g/mol. The average molecular weight is 288 g/mol. The molecule has 2 rings (SSSR count). The van der Waals surface area contributed by atoms with E-state index in [2.05, 4.69) is 12.2 Å². The van der Waals surface area contributed by atoms with Crippen LogP contribution in [0.1, 0.15) is 42.1 Å². The first kappa shape index (κ1) is 15.5. The fourth-order valence-corrected chi connectivity index (χ4v) is 2.78. The lowest BCUT2D eigenvalue weighted by Gasteiger charge is -2.31. The number of hydrogen-bond donors (Lipinski definition) is 1. The summed E-state index contributed by atoms with van der Waals surface area (Å²) in [5.74, 6) is 0.629. The second-order valence-corrected chi connectivity index (χ2v) is 5.91. The standard InChI is InChI=1S/C17H24N2O2/c1-13-6-5-11-19(12-13)16(20)9-10-18-17(21)15-8-4-3-7-14(15)2/h3-4,7-8,13H,5-6,9-12H2,1-2H3,(H,18,21)/t13-/m0/s1. The Hall–Kier alpha value is -1.84. The van der Waals surface area contributed by atoms with Crippen LogP contribution in [-0.2, 0) is 4.79 Å². The molecule has 4 heteroatoms. The third-order valence-electron chi connectivity index (χ3n) is 4.02. The van der Waals surface area contributed by atoms with Crippen molar-refractivity contribution in [3.05, 3.63) is 35.4 Å². The number of carbonyl (C=O) groups is 2. The van der Waals surface area contributed by atoms with E-state index in [0.29, 0.717) is 24.4 Å². The van der Waals surface area contributed by atoms with Crippen molar-refractivity contribution in [3.63, 3.8) is 0 Å². The van der Waals surface area contributed by atoms with Crippen molar-refractivity contribution < 1.29 is 9.59 Å². The van der Waals surface area contributed by atoms with Gasteiger partial charge >= 0.3 is 0 Å². The molecule has 0 aromatic heterocycles. The maximum absolute atomic E-state index is 12.1. The van der Waals surface area contributed by atoms with Crippen LogP contribution in [-0.4, -0.2) is 36.3 Å². The van der Waals surface area contributed by atoms with E-state index in [9.17, 15) is 9.59 Å². The maximum Gasteiger partial charge on any atom is 0.251 e. The molecule has 4 nitrogen and oxygen atoms in total. The SMILES string of the molecule is Cc1ccccc1C(=O)NCCC(=O)N1CCC[C@H](C)C1. The predicted octanol–water partition coefficient (Wildman–Crippen LogP) is 2.37. The number of carbonyl (C=O) groups excluding carboxylic acids is 2. The van der Waals surface area contributed by atoms with E-state index in [4.69, 9.17) is 0 Å². The van der Waals surface area contributed by atoms with Crippen LogP contribution in [0.4, 0.5) is 0 Å². The Labute approximate surface area is 126 Å². The van der Waals surface area contributed by atoms with Crippen LogP contribution in [0.15, 0.2) is 24.3 Å². The second-order valence-electron chi connectivity index (χ2n) is 5.91. The highest BCUT2D eigenvalue weighted by molar-refractivity contribution is 5.95. The number of nitrogens with one attached hydrogen (secondary N) is 1. The van der Waals surface area contributed by atoms with Crippen molar-refractivity contribution in [1.29, 1.82) is 0 Å². The molecule has 1 N–H and O–H groups in total. The number of rotatable bonds is 4. The van der Waals surface area contributed by atoms with Crippen LogP contribution in [0.3, 0.4) is 0 Å². The number of hydrogen-bond acceptors (Lipinski definition) is 2. The number of benzene rings is 1. The summed E-state index contributed by atoms with van der Waals surface area (Å²) in [7, 11) is 0. The average Bonchev–Trinajstić information content (AvgIpc) is 2.47. The van der Waals surface area contributed by atoms with Gasteiger partial charge in [0.15, 0.2) is 0 Å². The Morgan fingerprint density at radius 2 is 2.10 bits per heavy atom. The summed E-state index contributed by atoms with van der Waals surface area (Å²) in [5, 5.41) is 2.83. The van der Waals surface area contributed by atoms with Crippen LogP contribution in [0, 0.1) is 12.8 Å². The molecular weight excluding hydrogens is 264 g/mol. The van der Waals surface area contributed by atoms with Gasteiger partial charge in [-0.3, -0.25) is 9.59 Å². The lowest BCUT2D eigenvalue weighted by atomic mass is 10.00. The molecule has 1 atom stereocenters. The molecule has 1 fully saturated rings. The van der Waals surface area contributed by atoms with Crippen LogP contribution in [0.2, 0.25) is 0 Å². The smallest absolute Gasteiger partial charge is 0.251 e. The number of piperidine rings is 1. The number of amides is 2. The highest BCUT2D eigenvalue weighted by atomic mass is 16.2. The van der Waals surface area contributed by atoms with E-state index in [-0.39, 0.29) is 11.8 Å². The maximum atomic E-state index is 12.1. The van der Waals surface area contributed by atoms with E-state index in [1.807, 2.05) is 30.0 Å². The fourth-order valence-electron chi connectivity index (χ4n) is 2.78. The first-order valence-electron chi connectivity index (χ1n) is 7.69. The predicted molar refractivity (Wildman–Crippen MR) is 83.1 cm³/mol. The van der Waals surface area contributed by atoms with Gasteiger partial charge in [-0.2, -0.15) is 0 Å². The van der Waals surface area contributed by atoms with Gasteiger partial charge in [0.1, 0.15) is 0 Å². The molecule has 2 amide bonds. The van der Waals surface area contributed by atoms with Crippen molar-refractivity contribution in [3.8, 4) is 0 Å².